The van der Waals surface area contributed by atoms with Crippen molar-refractivity contribution in [3.63, 3.8) is 0 Å². The van der Waals surface area contributed by atoms with Crippen LogP contribution in [0.25, 0.3) is 11.1 Å². The Kier molecular flexibility index (Phi) is 9.61. The zero-order chi connectivity index (χ0) is 30.7. The summed E-state index contributed by atoms with van der Waals surface area (Å²) in [6.07, 6.45) is -4.15. The first-order valence-electron chi connectivity index (χ1n) is 13.3. The van der Waals surface area contributed by atoms with Crippen LogP contribution in [0, 0.1) is 0 Å². The summed E-state index contributed by atoms with van der Waals surface area (Å²) in [4.78, 5) is 49.8. The van der Waals surface area contributed by atoms with E-state index in [1.165, 1.54) is 6.92 Å². The molecule has 12 nitrogen and oxygen atoms in total. The maximum atomic E-state index is 15.7. The van der Waals surface area contributed by atoms with Crippen LogP contribution in [0.1, 0.15) is 33.9 Å². The Balaban J connectivity index is 1.57. The number of nitrogens with one attached hydrogen (secondary N) is 2. The molecular weight excluding hydrogens is 572 g/mol. The van der Waals surface area contributed by atoms with Crippen LogP contribution in [0.3, 0.4) is 0 Å². The normalized spacial score (nSPS) is 23.5. The Morgan fingerprint density at radius 3 is 2.50 bits per heavy atom. The van der Waals surface area contributed by atoms with Crippen LogP contribution in [-0.2, 0) is 18.8 Å². The van der Waals surface area contributed by atoms with Gasteiger partial charge >= 0.3 is 242 Å². The van der Waals surface area contributed by atoms with Gasteiger partial charge in [-0.1, -0.05) is 0 Å². The van der Waals surface area contributed by atoms with E-state index in [-0.39, 0.29) is 5.75 Å². The van der Waals surface area contributed by atoms with Gasteiger partial charge in [0, 0.05) is 0 Å². The van der Waals surface area contributed by atoms with E-state index in [1.54, 1.807) is 32.0 Å². The molecule has 1 unspecified atom stereocenters. The van der Waals surface area contributed by atoms with Gasteiger partial charge in [0.15, 0.2) is 0 Å². The van der Waals surface area contributed by atoms with Crippen LogP contribution < -0.4 is 20.9 Å². The van der Waals surface area contributed by atoms with Crippen LogP contribution in [0.5, 0.6) is 5.75 Å². The molecule has 1 saturated heterocycles. The molecule has 2 aromatic carbocycles. The molecule has 0 amide bonds. The summed E-state index contributed by atoms with van der Waals surface area (Å²) in [5.74, 6) is -0.463. The van der Waals surface area contributed by atoms with E-state index in [9.17, 15) is 24.4 Å². The molecule has 42 heavy (non-hydrogen) atoms. The summed E-state index contributed by atoms with van der Waals surface area (Å²) < 4.78 is 39.0. The van der Waals surface area contributed by atoms with Crippen LogP contribution >= 0.6 is 8.09 Å². The number of benzene rings is 2. The summed E-state index contributed by atoms with van der Waals surface area (Å²) >= 11 is 0. The molecule has 3 aromatic rings. The SMILES string of the molecule is CC(C)OC(=O)[C@H](C)N[PH](O)(OCC1O[C@@H](n2ccc(=O)[nH]c2=O)[C@](C)(F)[C@@H]1O)Oc1cccc(-c2ccccc2)c1. The van der Waals surface area contributed by atoms with Crippen molar-refractivity contribution in [2.75, 3.05) is 6.61 Å². The molecule has 1 aromatic heterocycles. The van der Waals surface area contributed by atoms with Crippen LogP contribution in [0.15, 0.2) is 76.4 Å². The second-order valence-corrected chi connectivity index (χ2v) is 12.3. The second kappa shape index (κ2) is 12.8. The van der Waals surface area contributed by atoms with Gasteiger partial charge in [0.05, 0.1) is 0 Å². The quantitative estimate of drug-likeness (QED) is 0.188. The maximum absolute atomic E-state index is 15.7. The molecule has 0 bridgehead atoms. The molecule has 5 atom stereocenters. The zero-order valence-corrected chi connectivity index (χ0v) is 24.5. The molecule has 1 aliphatic heterocycles. The van der Waals surface area contributed by atoms with E-state index < -0.39 is 68.2 Å². The molecule has 0 saturated carbocycles. The number of aromatic amines is 1. The van der Waals surface area contributed by atoms with Crippen molar-refractivity contribution in [1.82, 2.24) is 14.6 Å². The summed E-state index contributed by atoms with van der Waals surface area (Å²) in [6, 6.07) is 16.2. The summed E-state index contributed by atoms with van der Waals surface area (Å²) in [7, 11) is -4.53. The third-order valence-corrected chi connectivity index (χ3v) is 8.43. The van der Waals surface area contributed by atoms with Crippen LogP contribution in [-0.4, -0.2) is 62.1 Å². The Labute approximate surface area is 241 Å². The van der Waals surface area contributed by atoms with E-state index in [2.05, 4.69) is 5.09 Å². The predicted octanol–water partition coefficient (Wildman–Crippen LogP) is 2.62. The first-order valence-corrected chi connectivity index (χ1v) is 15.1. The molecule has 0 spiro atoms. The molecular formula is C28H35FN3O9P. The molecule has 1 fully saturated rings. The van der Waals surface area contributed by atoms with Crippen molar-refractivity contribution in [3.05, 3.63) is 87.7 Å². The number of ether oxygens (including phenoxy) is 2. The predicted molar refractivity (Wildman–Crippen MR) is 154 cm³/mol. The number of hydrogen-bond donors (Lipinski definition) is 4. The van der Waals surface area contributed by atoms with Crippen molar-refractivity contribution >= 4 is 14.1 Å². The minimum absolute atomic E-state index is 0.211. The van der Waals surface area contributed by atoms with Gasteiger partial charge in [0.1, 0.15) is 0 Å². The topological polar surface area (TPSA) is 161 Å². The first-order chi connectivity index (χ1) is 19.8. The number of hydrogen-bond acceptors (Lipinski definition) is 10. The first kappa shape index (κ1) is 31.5. The Bertz CT molecular complexity index is 1500. The Morgan fingerprint density at radius 1 is 1.14 bits per heavy atom. The molecule has 228 valence electrons. The molecule has 14 heteroatoms. The molecule has 4 N–H and O–H groups in total. The third kappa shape index (κ3) is 7.30. The van der Waals surface area contributed by atoms with Crippen LogP contribution in [0.2, 0.25) is 0 Å². The number of alkyl halides is 1. The second-order valence-electron chi connectivity index (χ2n) is 10.4. The van der Waals surface area contributed by atoms with Crippen molar-refractivity contribution in [2.45, 2.75) is 63.9 Å². The van der Waals surface area contributed by atoms with E-state index in [0.29, 0.717) is 0 Å². The Hall–Kier alpha value is -3.45. The van der Waals surface area contributed by atoms with Gasteiger partial charge in [-0.25, -0.2) is 0 Å². The third-order valence-electron chi connectivity index (χ3n) is 6.57. The molecule has 4 rings (SSSR count). The number of aliphatic hydroxyl groups excluding tert-OH is 1. The van der Waals surface area contributed by atoms with Gasteiger partial charge in [0.2, 0.25) is 0 Å². The molecule has 0 aliphatic carbocycles. The van der Waals surface area contributed by atoms with Gasteiger partial charge in [-0.2, -0.15) is 0 Å². The van der Waals surface area contributed by atoms with E-state index in [0.717, 1.165) is 34.9 Å². The standard InChI is InChI=1S/C28H35FN3O9P/c1-17(2)39-25(35)18(3)31-42(37,41-21-12-8-11-20(15-21)19-9-6-5-7-10-19)38-16-22-24(34)28(4,29)26(40-22)32-14-13-23(33)30-27(32)36/h5-15,17-18,22,24,26,31,34,37,42H,16H2,1-4H3,(H,30,33,36)/t18-,22?,24+,26+,28+/m0/s1. The average molecular weight is 608 g/mol. The molecule has 2 heterocycles. The number of nitrogens with zero attached hydrogens (tertiary/aromatic N) is 1. The number of aromatic nitrogens is 2. The van der Waals surface area contributed by atoms with Gasteiger partial charge in [-0.3, -0.25) is 0 Å². The fourth-order valence-corrected chi connectivity index (χ4v) is 6.16. The van der Waals surface area contributed by atoms with Crippen LogP contribution in [0.4, 0.5) is 4.39 Å². The fraction of sp³-hybridized carbons (Fsp3) is 0.393. The van der Waals surface area contributed by atoms with E-state index in [4.69, 9.17) is 18.5 Å². The van der Waals surface area contributed by atoms with Crippen molar-refractivity contribution in [1.29, 1.82) is 0 Å². The number of H-pyrrole nitrogens is 1. The van der Waals surface area contributed by atoms with Gasteiger partial charge in [0.25, 0.3) is 0 Å². The van der Waals surface area contributed by atoms with E-state index in [1.807, 2.05) is 41.4 Å². The zero-order valence-electron chi connectivity index (χ0n) is 23.5. The van der Waals surface area contributed by atoms with Crippen molar-refractivity contribution in [3.8, 4) is 16.9 Å². The van der Waals surface area contributed by atoms with Gasteiger partial charge in [-0.15, -0.1) is 0 Å². The number of carbonyl (C=O) groups excluding carboxylic acids is 1. The van der Waals surface area contributed by atoms with E-state index >= 15 is 4.39 Å². The average Bonchev–Trinajstić information content (AvgIpc) is 3.15. The molecule has 1 aliphatic rings. The minimum atomic E-state index is -4.53. The number of rotatable bonds is 11. The number of carbonyl (C=O) groups is 1. The summed E-state index contributed by atoms with van der Waals surface area (Å²) in [6.45, 7) is 5.25. The summed E-state index contributed by atoms with van der Waals surface area (Å²) in [5.41, 5.74) is -2.42. The fourth-order valence-electron chi connectivity index (χ4n) is 4.45. The molecule has 0 radical (unpaired) electrons. The summed E-state index contributed by atoms with van der Waals surface area (Å²) in [5, 5.41) is 13.4. The number of esters is 1. The number of aliphatic hydroxyl groups is 1. The Morgan fingerprint density at radius 2 is 1.83 bits per heavy atom. The van der Waals surface area contributed by atoms with Crippen molar-refractivity contribution < 1.29 is 37.7 Å². The van der Waals surface area contributed by atoms with Gasteiger partial charge < -0.3 is 0 Å². The monoisotopic (exact) mass is 607 g/mol. The van der Waals surface area contributed by atoms with Crippen molar-refractivity contribution in [2.24, 2.45) is 0 Å². The number of halogens is 1. The van der Waals surface area contributed by atoms with Gasteiger partial charge in [-0.05, 0) is 0 Å².